The first-order valence-corrected chi connectivity index (χ1v) is 13.3. The van der Waals surface area contributed by atoms with E-state index in [0.717, 1.165) is 41.2 Å². The first kappa shape index (κ1) is 27.5. The van der Waals surface area contributed by atoms with E-state index in [9.17, 15) is 15.2 Å². The number of hydrogen-bond acceptors (Lipinski definition) is 11. The quantitative estimate of drug-likeness (QED) is 0.376. The number of benzene rings is 1. The van der Waals surface area contributed by atoms with Gasteiger partial charge in [-0.05, 0) is 69.5 Å². The van der Waals surface area contributed by atoms with Crippen molar-refractivity contribution in [3.63, 3.8) is 0 Å². The highest BCUT2D eigenvalue weighted by Crippen LogP contribution is 2.39. The Bertz CT molecular complexity index is 1490. The van der Waals surface area contributed by atoms with Gasteiger partial charge >= 0.3 is 5.69 Å². The Morgan fingerprint density at radius 3 is 2.85 bits per heavy atom. The molecule has 3 aromatic rings. The summed E-state index contributed by atoms with van der Waals surface area (Å²) in [5.41, 5.74) is -0.204. The fraction of sp³-hybridized carbons (Fsp3) is 0.538. The Morgan fingerprint density at radius 2 is 2.15 bits per heavy atom. The number of aliphatic hydroxyl groups excluding tert-OH is 1. The van der Waals surface area contributed by atoms with Gasteiger partial charge in [-0.25, -0.2) is 14.2 Å². The van der Waals surface area contributed by atoms with Gasteiger partial charge in [-0.1, -0.05) is 0 Å². The van der Waals surface area contributed by atoms with Gasteiger partial charge in [0.1, 0.15) is 35.5 Å². The second-order valence-corrected chi connectivity index (χ2v) is 11.0. The second-order valence-electron chi connectivity index (χ2n) is 11.0. The number of fused-ring (bicyclic) bond motifs is 1. The molecule has 2 saturated heterocycles. The van der Waals surface area contributed by atoms with Crippen LogP contribution in [0.2, 0.25) is 0 Å². The molecule has 3 N–H and O–H groups in total. The minimum absolute atomic E-state index is 0.00415. The molecule has 3 atom stereocenters. The first-order valence-electron chi connectivity index (χ1n) is 13.3. The number of ether oxygens (including phenoxy) is 1. The van der Waals surface area contributed by atoms with E-state index in [1.165, 1.54) is 32.7 Å². The van der Waals surface area contributed by atoms with E-state index in [-0.39, 0.29) is 46.8 Å². The van der Waals surface area contributed by atoms with Gasteiger partial charge in [-0.2, -0.15) is 19.6 Å². The van der Waals surface area contributed by atoms with E-state index >= 15 is 4.39 Å². The Morgan fingerprint density at radius 1 is 1.35 bits per heavy atom. The SMILES string of the molecule is C[C@H](O)COc1cc(F)c(Nc2ncc(C#N)c(N[C@@H]3C[C@H]4CCCN4C(C)(C)C3)n2)cc1-n1nnn(C)c1=O. The van der Waals surface area contributed by atoms with Gasteiger partial charge in [-0.15, -0.1) is 0 Å². The number of tetrazole rings is 1. The molecular weight excluding hydrogens is 519 g/mol. The number of halogens is 1. The number of piperidine rings is 1. The topological polar surface area (TPSA) is 159 Å². The maximum atomic E-state index is 15.2. The van der Waals surface area contributed by atoms with Gasteiger partial charge in [0.25, 0.3) is 0 Å². The van der Waals surface area contributed by atoms with E-state index < -0.39 is 17.6 Å². The van der Waals surface area contributed by atoms with E-state index in [1.807, 2.05) is 0 Å². The predicted molar refractivity (Wildman–Crippen MR) is 144 cm³/mol. The number of hydrogen-bond donors (Lipinski definition) is 3. The molecule has 13 nitrogen and oxygen atoms in total. The van der Waals surface area contributed by atoms with Gasteiger partial charge < -0.3 is 20.5 Å². The van der Waals surface area contributed by atoms with Gasteiger partial charge in [0, 0.05) is 30.7 Å². The van der Waals surface area contributed by atoms with Gasteiger partial charge in [-0.3, -0.25) is 4.90 Å². The number of aryl methyl sites for hydroxylation is 1. The average Bonchev–Trinajstić information content (AvgIpc) is 3.51. The maximum Gasteiger partial charge on any atom is 0.368 e. The Hall–Kier alpha value is -4.09. The van der Waals surface area contributed by atoms with Crippen molar-refractivity contribution in [2.75, 3.05) is 23.8 Å². The summed E-state index contributed by atoms with van der Waals surface area (Å²) in [6, 6.07) is 5.14. The van der Waals surface area contributed by atoms with Crippen molar-refractivity contribution >= 4 is 17.5 Å². The zero-order valence-corrected chi connectivity index (χ0v) is 22.9. The van der Waals surface area contributed by atoms with Crippen molar-refractivity contribution in [3.8, 4) is 17.5 Å². The van der Waals surface area contributed by atoms with Crippen LogP contribution in [0.4, 0.5) is 21.8 Å². The molecule has 0 spiro atoms. The molecule has 2 aliphatic heterocycles. The van der Waals surface area contributed by atoms with Crippen molar-refractivity contribution in [2.45, 2.75) is 70.2 Å². The zero-order valence-electron chi connectivity index (χ0n) is 22.9. The number of rotatable bonds is 8. The Kier molecular flexibility index (Phi) is 7.43. The van der Waals surface area contributed by atoms with Crippen molar-refractivity contribution in [3.05, 3.63) is 40.2 Å². The molecule has 4 heterocycles. The summed E-state index contributed by atoms with van der Waals surface area (Å²) < 4.78 is 22.8. The van der Waals surface area contributed by atoms with Crippen LogP contribution in [0.3, 0.4) is 0 Å². The third kappa shape index (κ3) is 5.47. The molecule has 0 saturated carbocycles. The number of nitrogens with one attached hydrogen (secondary N) is 2. The van der Waals surface area contributed by atoms with Crippen LogP contribution in [0.1, 0.15) is 52.0 Å². The van der Waals surface area contributed by atoms with Crippen LogP contribution in [0, 0.1) is 17.1 Å². The smallest absolute Gasteiger partial charge is 0.368 e. The summed E-state index contributed by atoms with van der Waals surface area (Å²) in [6.45, 7) is 6.99. The second kappa shape index (κ2) is 10.8. The number of anilines is 3. The first-order chi connectivity index (χ1) is 19.1. The predicted octanol–water partition coefficient (Wildman–Crippen LogP) is 2.09. The molecule has 5 rings (SSSR count). The van der Waals surface area contributed by atoms with Crippen molar-refractivity contribution < 1.29 is 14.2 Å². The summed E-state index contributed by atoms with van der Waals surface area (Å²) >= 11 is 0. The summed E-state index contributed by atoms with van der Waals surface area (Å²) in [5.74, 6) is -0.280. The summed E-state index contributed by atoms with van der Waals surface area (Å²) in [5, 5.41) is 33.2. The lowest BCUT2D eigenvalue weighted by molar-refractivity contribution is 0.0501. The maximum absolute atomic E-state index is 15.2. The highest BCUT2D eigenvalue weighted by molar-refractivity contribution is 5.64. The van der Waals surface area contributed by atoms with Crippen LogP contribution in [-0.2, 0) is 7.05 Å². The number of nitrogens with zero attached hydrogens (tertiary/aromatic N) is 8. The molecule has 212 valence electrons. The third-order valence-electron chi connectivity index (χ3n) is 7.43. The van der Waals surface area contributed by atoms with Crippen LogP contribution < -0.4 is 21.1 Å². The fourth-order valence-corrected chi connectivity index (χ4v) is 5.66. The molecule has 0 aliphatic carbocycles. The molecule has 2 aliphatic rings. The number of nitriles is 1. The molecular formula is C26H33FN10O3. The van der Waals surface area contributed by atoms with Crippen molar-refractivity contribution in [1.82, 2.24) is 34.7 Å². The third-order valence-corrected chi connectivity index (χ3v) is 7.43. The van der Waals surface area contributed by atoms with Crippen molar-refractivity contribution in [1.29, 1.82) is 5.26 Å². The van der Waals surface area contributed by atoms with Gasteiger partial charge in [0.2, 0.25) is 5.95 Å². The highest BCUT2D eigenvalue weighted by atomic mass is 19.1. The minimum atomic E-state index is -0.822. The highest BCUT2D eigenvalue weighted by Gasteiger charge is 2.43. The normalized spacial score (nSPS) is 20.9. The minimum Gasteiger partial charge on any atom is -0.489 e. The van der Waals surface area contributed by atoms with Crippen molar-refractivity contribution in [2.24, 2.45) is 7.05 Å². The Labute approximate surface area is 230 Å². The molecule has 0 bridgehead atoms. The molecule has 40 heavy (non-hydrogen) atoms. The van der Waals surface area contributed by atoms with Gasteiger partial charge in [0.05, 0.1) is 18.0 Å². The monoisotopic (exact) mass is 552 g/mol. The lowest BCUT2D eigenvalue weighted by Crippen LogP contribution is -2.55. The summed E-state index contributed by atoms with van der Waals surface area (Å²) in [7, 11) is 1.43. The summed E-state index contributed by atoms with van der Waals surface area (Å²) in [6.07, 6.45) is 4.73. The fourth-order valence-electron chi connectivity index (χ4n) is 5.66. The van der Waals surface area contributed by atoms with Crippen LogP contribution >= 0.6 is 0 Å². The molecule has 2 aromatic heterocycles. The average molecular weight is 553 g/mol. The standard InChI is InChI=1S/C26H33FN10O3/c1-15(38)14-40-22-9-19(27)20(10-21(22)37-25(39)35(4)33-34-37)31-24-29-13-16(12-28)23(32-24)30-17-8-18-6-5-7-36(18)26(2,3)11-17/h9-10,13,15,17-18,38H,5-8,11,14H2,1-4H3,(H2,29,30,31,32)/t15-,17+,18+/m0/s1. The summed E-state index contributed by atoms with van der Waals surface area (Å²) in [4.78, 5) is 23.8. The van der Waals surface area contributed by atoms with Crippen LogP contribution in [0.5, 0.6) is 5.75 Å². The van der Waals surface area contributed by atoms with Crippen LogP contribution in [0.15, 0.2) is 23.1 Å². The molecule has 1 aromatic carbocycles. The molecule has 0 amide bonds. The van der Waals surface area contributed by atoms with E-state index in [2.05, 4.69) is 55.8 Å². The number of aromatic nitrogens is 6. The zero-order chi connectivity index (χ0) is 28.6. The van der Waals surface area contributed by atoms with Gasteiger partial charge in [0.15, 0.2) is 5.82 Å². The molecule has 14 heteroatoms. The largest absolute Gasteiger partial charge is 0.489 e. The Balaban J connectivity index is 1.44. The molecule has 2 fully saturated rings. The van der Waals surface area contributed by atoms with E-state index in [0.29, 0.717) is 11.9 Å². The van der Waals surface area contributed by atoms with Crippen LogP contribution in [0.25, 0.3) is 5.69 Å². The van der Waals surface area contributed by atoms with Crippen LogP contribution in [-0.4, -0.2) is 76.6 Å². The lowest BCUT2D eigenvalue weighted by atomic mass is 9.84. The van der Waals surface area contributed by atoms with E-state index in [4.69, 9.17) is 4.74 Å². The lowest BCUT2D eigenvalue weighted by Gasteiger charge is -2.47. The number of aliphatic hydroxyl groups is 1. The van der Waals surface area contributed by atoms with E-state index in [1.54, 1.807) is 0 Å². The molecule has 0 radical (unpaired) electrons. The molecule has 0 unspecified atom stereocenters.